The average molecular weight is 167 g/mol. The Balaban J connectivity index is 0. The monoisotopic (exact) mass is 166 g/mol. The van der Waals surface area contributed by atoms with Gasteiger partial charge in [0.1, 0.15) is 0 Å². The number of carbonyl (C=O) groups excluding carboxylic acids is 1. The van der Waals surface area contributed by atoms with Gasteiger partial charge in [0, 0.05) is 6.42 Å². The molecule has 10 heavy (non-hydrogen) atoms. The van der Waals surface area contributed by atoms with Crippen molar-refractivity contribution < 1.29 is 4.79 Å². The molecule has 0 heterocycles. The highest BCUT2D eigenvalue weighted by atomic mass is 35.5. The second-order valence-corrected chi connectivity index (χ2v) is 2.37. The zero-order chi connectivity index (χ0) is 7.28. The van der Waals surface area contributed by atoms with E-state index in [0.717, 1.165) is 13.0 Å². The van der Waals surface area contributed by atoms with Crippen molar-refractivity contribution in [2.24, 2.45) is 5.73 Å². The predicted octanol–water partition coefficient (Wildman–Crippen LogP) is 0.235. The minimum absolute atomic E-state index is 0. The van der Waals surface area contributed by atoms with Crippen molar-refractivity contribution in [1.29, 1.82) is 0 Å². The summed E-state index contributed by atoms with van der Waals surface area (Å²) >= 11 is 0. The van der Waals surface area contributed by atoms with Crippen molar-refractivity contribution in [2.75, 3.05) is 20.6 Å². The van der Waals surface area contributed by atoms with Gasteiger partial charge in [0.15, 0.2) is 0 Å². The summed E-state index contributed by atoms with van der Waals surface area (Å²) in [7, 11) is 3.95. The predicted molar refractivity (Wildman–Crippen MR) is 44.2 cm³/mol. The van der Waals surface area contributed by atoms with Crippen LogP contribution in [0.2, 0.25) is 0 Å². The van der Waals surface area contributed by atoms with Gasteiger partial charge in [-0.05, 0) is 27.1 Å². The first-order valence-corrected chi connectivity index (χ1v) is 3.06. The van der Waals surface area contributed by atoms with Crippen LogP contribution in [0.25, 0.3) is 0 Å². The first-order valence-electron chi connectivity index (χ1n) is 3.06. The molecule has 4 heteroatoms. The van der Waals surface area contributed by atoms with Crippen molar-refractivity contribution in [3.05, 3.63) is 0 Å². The third-order valence-electron chi connectivity index (χ3n) is 1.03. The summed E-state index contributed by atoms with van der Waals surface area (Å²) in [5.41, 5.74) is 4.92. The van der Waals surface area contributed by atoms with E-state index in [1.54, 1.807) is 0 Å². The third-order valence-corrected chi connectivity index (χ3v) is 1.03. The smallest absolute Gasteiger partial charge is 0.217 e. The largest absolute Gasteiger partial charge is 0.370 e. The van der Waals surface area contributed by atoms with E-state index in [1.165, 1.54) is 0 Å². The maximum absolute atomic E-state index is 10.2. The Morgan fingerprint density at radius 3 is 2.30 bits per heavy atom. The standard InChI is InChI=1S/C6H14N2O.ClH/c1-8(2)5-3-4-6(7)9;/h3-5H2,1-2H3,(H2,7,9);1H. The van der Waals surface area contributed by atoms with Crippen molar-refractivity contribution in [1.82, 2.24) is 4.90 Å². The summed E-state index contributed by atoms with van der Waals surface area (Å²) in [6, 6.07) is 0. The minimum Gasteiger partial charge on any atom is -0.370 e. The molecule has 0 unspecified atom stereocenters. The van der Waals surface area contributed by atoms with E-state index in [9.17, 15) is 4.79 Å². The lowest BCUT2D eigenvalue weighted by atomic mass is 10.3. The first kappa shape index (κ1) is 12.4. The Kier molecular flexibility index (Phi) is 8.48. The number of nitrogens with zero attached hydrogens (tertiary/aromatic N) is 1. The number of halogens is 1. The Labute approximate surface area is 68.0 Å². The second-order valence-electron chi connectivity index (χ2n) is 2.37. The van der Waals surface area contributed by atoms with Crippen LogP contribution in [-0.2, 0) is 4.79 Å². The van der Waals surface area contributed by atoms with Gasteiger partial charge < -0.3 is 10.6 Å². The molecule has 0 spiro atoms. The van der Waals surface area contributed by atoms with E-state index in [2.05, 4.69) is 0 Å². The molecule has 0 aromatic carbocycles. The summed E-state index contributed by atoms with van der Waals surface area (Å²) in [5, 5.41) is 0. The first-order chi connectivity index (χ1) is 4.13. The molecule has 0 aliphatic rings. The third kappa shape index (κ3) is 10.7. The molecule has 0 atom stereocenters. The molecule has 0 aromatic rings. The lowest BCUT2D eigenvalue weighted by molar-refractivity contribution is -0.118. The molecule has 0 saturated carbocycles. The Bertz CT molecular complexity index is 95.7. The zero-order valence-corrected chi connectivity index (χ0v) is 7.28. The van der Waals surface area contributed by atoms with Crippen molar-refractivity contribution in [3.8, 4) is 0 Å². The van der Waals surface area contributed by atoms with Crippen LogP contribution in [0.5, 0.6) is 0 Å². The van der Waals surface area contributed by atoms with Gasteiger partial charge in [-0.3, -0.25) is 4.79 Å². The zero-order valence-electron chi connectivity index (χ0n) is 6.46. The minimum atomic E-state index is -0.211. The lowest BCUT2D eigenvalue weighted by Gasteiger charge is -2.06. The van der Waals surface area contributed by atoms with Gasteiger partial charge in [-0.15, -0.1) is 12.4 Å². The molecular formula is C6H15ClN2O. The Morgan fingerprint density at radius 2 is 2.00 bits per heavy atom. The average Bonchev–Trinajstić information content (AvgIpc) is 1.63. The molecule has 0 radical (unpaired) electrons. The molecule has 0 aliphatic carbocycles. The number of carbonyl (C=O) groups is 1. The summed E-state index contributed by atoms with van der Waals surface area (Å²) in [5.74, 6) is -0.211. The number of amides is 1. The fraction of sp³-hybridized carbons (Fsp3) is 0.833. The van der Waals surface area contributed by atoms with Crippen molar-refractivity contribution in [3.63, 3.8) is 0 Å². The highest BCUT2D eigenvalue weighted by Crippen LogP contribution is 1.87. The molecular weight excluding hydrogens is 152 g/mol. The SMILES string of the molecule is CN(C)CCCC(N)=O.Cl. The van der Waals surface area contributed by atoms with Crippen LogP contribution in [-0.4, -0.2) is 31.4 Å². The van der Waals surface area contributed by atoms with E-state index in [4.69, 9.17) is 5.73 Å². The molecule has 1 amide bonds. The van der Waals surface area contributed by atoms with E-state index >= 15 is 0 Å². The summed E-state index contributed by atoms with van der Waals surface area (Å²) in [4.78, 5) is 12.2. The van der Waals surface area contributed by atoms with Gasteiger partial charge in [0.05, 0.1) is 0 Å². The Morgan fingerprint density at radius 1 is 1.50 bits per heavy atom. The van der Waals surface area contributed by atoms with Crippen LogP contribution in [0.4, 0.5) is 0 Å². The van der Waals surface area contributed by atoms with Crippen molar-refractivity contribution in [2.45, 2.75) is 12.8 Å². The highest BCUT2D eigenvalue weighted by Gasteiger charge is 1.93. The van der Waals surface area contributed by atoms with Gasteiger partial charge >= 0.3 is 0 Å². The molecule has 62 valence electrons. The van der Waals surface area contributed by atoms with Gasteiger partial charge in [0.25, 0.3) is 0 Å². The molecule has 0 rings (SSSR count). The molecule has 2 N–H and O–H groups in total. The van der Waals surface area contributed by atoms with Gasteiger partial charge in [-0.1, -0.05) is 0 Å². The summed E-state index contributed by atoms with van der Waals surface area (Å²) in [6.45, 7) is 0.933. The van der Waals surface area contributed by atoms with E-state index in [0.29, 0.717) is 6.42 Å². The van der Waals surface area contributed by atoms with E-state index < -0.39 is 0 Å². The Hall–Kier alpha value is -0.280. The van der Waals surface area contributed by atoms with Crippen molar-refractivity contribution >= 4 is 18.3 Å². The van der Waals surface area contributed by atoms with Crippen LogP contribution in [0.1, 0.15) is 12.8 Å². The lowest BCUT2D eigenvalue weighted by Crippen LogP contribution is -2.17. The number of hydrogen-bond donors (Lipinski definition) is 1. The van der Waals surface area contributed by atoms with Crippen LogP contribution >= 0.6 is 12.4 Å². The number of rotatable bonds is 4. The van der Waals surface area contributed by atoms with E-state index in [1.807, 2.05) is 19.0 Å². The molecule has 3 nitrogen and oxygen atoms in total. The van der Waals surface area contributed by atoms with Gasteiger partial charge in [-0.2, -0.15) is 0 Å². The van der Waals surface area contributed by atoms with E-state index in [-0.39, 0.29) is 18.3 Å². The molecule has 0 aliphatic heterocycles. The fourth-order valence-electron chi connectivity index (χ4n) is 0.570. The molecule has 0 aromatic heterocycles. The highest BCUT2D eigenvalue weighted by molar-refractivity contribution is 5.85. The molecule has 0 saturated heterocycles. The topological polar surface area (TPSA) is 46.3 Å². The van der Waals surface area contributed by atoms with Crippen LogP contribution in [0.15, 0.2) is 0 Å². The summed E-state index contributed by atoms with van der Waals surface area (Å²) < 4.78 is 0. The van der Waals surface area contributed by atoms with Gasteiger partial charge in [0.2, 0.25) is 5.91 Å². The normalized spacial score (nSPS) is 9.10. The van der Waals surface area contributed by atoms with Gasteiger partial charge in [-0.25, -0.2) is 0 Å². The number of hydrogen-bond acceptors (Lipinski definition) is 2. The van der Waals surface area contributed by atoms with Crippen LogP contribution < -0.4 is 5.73 Å². The molecule has 0 fully saturated rings. The second kappa shape index (κ2) is 6.83. The maximum Gasteiger partial charge on any atom is 0.217 e. The molecule has 0 bridgehead atoms. The van der Waals surface area contributed by atoms with Crippen LogP contribution in [0, 0.1) is 0 Å². The quantitative estimate of drug-likeness (QED) is 0.650. The summed E-state index contributed by atoms with van der Waals surface area (Å²) in [6.07, 6.45) is 1.36. The van der Waals surface area contributed by atoms with Crippen LogP contribution in [0.3, 0.4) is 0 Å². The maximum atomic E-state index is 10.2. The number of primary amides is 1. The number of nitrogens with two attached hydrogens (primary N) is 1. The fourth-order valence-corrected chi connectivity index (χ4v) is 0.570.